The van der Waals surface area contributed by atoms with Crippen molar-refractivity contribution < 1.29 is 14.6 Å². The molecule has 3 rings (SSSR count). The largest absolute Gasteiger partial charge is 0.496 e. The molecule has 0 amide bonds. The van der Waals surface area contributed by atoms with Gasteiger partial charge in [0.2, 0.25) is 0 Å². The quantitative estimate of drug-likeness (QED) is 0.831. The Labute approximate surface area is 119 Å². The second-order valence-electron chi connectivity index (χ2n) is 5.94. The minimum absolute atomic E-state index is 0.257. The zero-order valence-corrected chi connectivity index (χ0v) is 11.8. The van der Waals surface area contributed by atoms with E-state index >= 15 is 0 Å². The molecular weight excluding hydrogens is 254 g/mol. The van der Waals surface area contributed by atoms with E-state index in [0.717, 1.165) is 18.0 Å². The van der Waals surface area contributed by atoms with Crippen LogP contribution in [0.4, 0.5) is 0 Å². The van der Waals surface area contributed by atoms with Crippen LogP contribution in [0.2, 0.25) is 0 Å². The van der Waals surface area contributed by atoms with E-state index in [-0.39, 0.29) is 5.56 Å². The van der Waals surface area contributed by atoms with E-state index in [0.29, 0.717) is 11.8 Å². The van der Waals surface area contributed by atoms with Crippen LogP contribution in [-0.2, 0) is 6.54 Å². The molecule has 0 saturated heterocycles. The molecule has 20 heavy (non-hydrogen) atoms. The van der Waals surface area contributed by atoms with Gasteiger partial charge in [-0.2, -0.15) is 0 Å². The lowest BCUT2D eigenvalue weighted by Gasteiger charge is -2.22. The Morgan fingerprint density at radius 3 is 2.65 bits per heavy atom. The van der Waals surface area contributed by atoms with Crippen molar-refractivity contribution in [3.63, 3.8) is 0 Å². The fraction of sp³-hybridized carbons (Fsp3) is 0.562. The molecule has 2 fully saturated rings. The summed E-state index contributed by atoms with van der Waals surface area (Å²) >= 11 is 0. The van der Waals surface area contributed by atoms with Gasteiger partial charge in [-0.15, -0.1) is 0 Å². The average Bonchev–Trinajstić information content (AvgIpc) is 3.30. The van der Waals surface area contributed by atoms with Gasteiger partial charge in [-0.05, 0) is 49.3 Å². The lowest BCUT2D eigenvalue weighted by molar-refractivity contribution is 0.0693. The molecule has 108 valence electrons. The molecule has 0 spiro atoms. The Bertz CT molecular complexity index is 506. The van der Waals surface area contributed by atoms with Crippen LogP contribution in [0.15, 0.2) is 18.2 Å². The number of hydrogen-bond acceptors (Lipinski definition) is 3. The summed E-state index contributed by atoms with van der Waals surface area (Å²) < 4.78 is 5.11. The highest BCUT2D eigenvalue weighted by Crippen LogP contribution is 2.36. The summed E-state index contributed by atoms with van der Waals surface area (Å²) in [6.07, 6.45) is 5.28. The number of nitrogens with zero attached hydrogens (tertiary/aromatic N) is 1. The summed E-state index contributed by atoms with van der Waals surface area (Å²) in [4.78, 5) is 13.8. The van der Waals surface area contributed by atoms with Crippen molar-refractivity contribution in [2.75, 3.05) is 13.7 Å². The molecule has 2 saturated carbocycles. The van der Waals surface area contributed by atoms with Crippen LogP contribution in [0, 0.1) is 5.92 Å². The topological polar surface area (TPSA) is 49.8 Å². The highest BCUT2D eigenvalue weighted by atomic mass is 16.5. The van der Waals surface area contributed by atoms with Gasteiger partial charge in [-0.25, -0.2) is 4.79 Å². The molecular formula is C16H21NO3. The van der Waals surface area contributed by atoms with Crippen LogP contribution < -0.4 is 4.74 Å². The second kappa shape index (κ2) is 5.44. The van der Waals surface area contributed by atoms with Crippen molar-refractivity contribution >= 4 is 5.97 Å². The predicted molar refractivity (Wildman–Crippen MR) is 76.1 cm³/mol. The first-order valence-electron chi connectivity index (χ1n) is 7.31. The third-order valence-corrected chi connectivity index (χ3v) is 4.13. The summed E-state index contributed by atoms with van der Waals surface area (Å²) in [6, 6.07) is 6.21. The molecule has 4 nitrogen and oxygen atoms in total. The first-order chi connectivity index (χ1) is 9.67. The summed E-state index contributed by atoms with van der Waals surface area (Å²) in [5.41, 5.74) is 1.32. The van der Waals surface area contributed by atoms with Gasteiger partial charge in [0.25, 0.3) is 0 Å². The molecule has 1 aromatic rings. The summed E-state index contributed by atoms with van der Waals surface area (Å²) in [7, 11) is 1.51. The van der Waals surface area contributed by atoms with Crippen LogP contribution in [0.1, 0.15) is 41.6 Å². The Kier molecular flexibility index (Phi) is 3.66. The van der Waals surface area contributed by atoms with Crippen molar-refractivity contribution in [2.45, 2.75) is 38.3 Å². The number of ether oxygens (including phenoxy) is 1. The molecule has 1 N–H and O–H groups in total. The summed E-state index contributed by atoms with van der Waals surface area (Å²) in [5, 5.41) is 9.24. The fourth-order valence-electron chi connectivity index (χ4n) is 2.67. The van der Waals surface area contributed by atoms with Crippen LogP contribution in [0.25, 0.3) is 0 Å². The first-order valence-corrected chi connectivity index (χ1v) is 7.31. The summed E-state index contributed by atoms with van der Waals surface area (Å²) in [5.74, 6) is 0.373. The SMILES string of the molecule is COc1ccc(CN(CC2CC2)C2CC2)cc1C(=O)O. The molecule has 1 aromatic carbocycles. The maximum atomic E-state index is 11.3. The first kappa shape index (κ1) is 13.4. The molecule has 2 aliphatic rings. The molecule has 2 aliphatic carbocycles. The standard InChI is InChI=1S/C16H21NO3/c1-20-15-7-4-12(8-14(15)16(18)19)10-17(13-5-6-13)9-11-2-3-11/h4,7-8,11,13H,2-3,5-6,9-10H2,1H3,(H,18,19). The van der Waals surface area contributed by atoms with E-state index in [4.69, 9.17) is 4.74 Å². The highest BCUT2D eigenvalue weighted by Gasteiger charge is 2.33. The zero-order valence-electron chi connectivity index (χ0n) is 11.8. The molecule has 0 radical (unpaired) electrons. The maximum Gasteiger partial charge on any atom is 0.339 e. The van der Waals surface area contributed by atoms with Crippen molar-refractivity contribution in [1.29, 1.82) is 0 Å². The predicted octanol–water partition coefficient (Wildman–Crippen LogP) is 2.77. The number of hydrogen-bond donors (Lipinski definition) is 1. The molecule has 0 bridgehead atoms. The fourth-order valence-corrected chi connectivity index (χ4v) is 2.67. The van der Waals surface area contributed by atoms with Crippen LogP contribution in [0.5, 0.6) is 5.75 Å². The van der Waals surface area contributed by atoms with E-state index in [1.54, 1.807) is 12.1 Å². The lowest BCUT2D eigenvalue weighted by Crippen LogP contribution is -2.27. The van der Waals surface area contributed by atoms with Gasteiger partial charge in [0.1, 0.15) is 11.3 Å². The van der Waals surface area contributed by atoms with Gasteiger partial charge in [-0.1, -0.05) is 6.07 Å². The number of aromatic carboxylic acids is 1. The van der Waals surface area contributed by atoms with Crippen molar-refractivity contribution in [3.8, 4) is 5.75 Å². The van der Waals surface area contributed by atoms with Crippen LogP contribution >= 0.6 is 0 Å². The number of rotatable bonds is 7. The number of methoxy groups -OCH3 is 1. The van der Waals surface area contributed by atoms with Gasteiger partial charge in [0, 0.05) is 19.1 Å². The van der Waals surface area contributed by atoms with Crippen LogP contribution in [0.3, 0.4) is 0 Å². The minimum Gasteiger partial charge on any atom is -0.496 e. The van der Waals surface area contributed by atoms with Gasteiger partial charge in [-0.3, -0.25) is 4.90 Å². The Morgan fingerprint density at radius 2 is 2.10 bits per heavy atom. The van der Waals surface area contributed by atoms with E-state index in [1.807, 2.05) is 6.07 Å². The Morgan fingerprint density at radius 1 is 1.35 bits per heavy atom. The van der Waals surface area contributed by atoms with E-state index in [1.165, 1.54) is 39.3 Å². The minimum atomic E-state index is -0.927. The Hall–Kier alpha value is -1.55. The van der Waals surface area contributed by atoms with E-state index < -0.39 is 5.97 Å². The number of carbonyl (C=O) groups is 1. The Balaban J connectivity index is 1.74. The van der Waals surface area contributed by atoms with Crippen LogP contribution in [-0.4, -0.2) is 35.7 Å². The van der Waals surface area contributed by atoms with Gasteiger partial charge in [0.15, 0.2) is 0 Å². The molecule has 0 unspecified atom stereocenters. The third kappa shape index (κ3) is 3.12. The van der Waals surface area contributed by atoms with Crippen molar-refractivity contribution in [3.05, 3.63) is 29.3 Å². The summed E-state index contributed by atoms with van der Waals surface area (Å²) in [6.45, 7) is 2.02. The molecule has 0 aliphatic heterocycles. The number of carboxylic acids is 1. The monoisotopic (exact) mass is 275 g/mol. The number of benzene rings is 1. The normalized spacial score (nSPS) is 18.3. The second-order valence-corrected chi connectivity index (χ2v) is 5.94. The van der Waals surface area contributed by atoms with Gasteiger partial charge >= 0.3 is 5.97 Å². The third-order valence-electron chi connectivity index (χ3n) is 4.13. The molecule has 0 atom stereocenters. The molecule has 0 heterocycles. The van der Waals surface area contributed by atoms with E-state index in [2.05, 4.69) is 4.90 Å². The number of carboxylic acid groups (broad SMARTS) is 1. The van der Waals surface area contributed by atoms with E-state index in [9.17, 15) is 9.90 Å². The van der Waals surface area contributed by atoms with Crippen molar-refractivity contribution in [2.24, 2.45) is 5.92 Å². The van der Waals surface area contributed by atoms with Gasteiger partial charge < -0.3 is 9.84 Å². The zero-order chi connectivity index (χ0) is 14.1. The molecule has 0 aromatic heterocycles. The lowest BCUT2D eigenvalue weighted by atomic mass is 10.1. The maximum absolute atomic E-state index is 11.3. The average molecular weight is 275 g/mol. The highest BCUT2D eigenvalue weighted by molar-refractivity contribution is 5.91. The van der Waals surface area contributed by atoms with Crippen molar-refractivity contribution in [1.82, 2.24) is 4.90 Å². The molecule has 4 heteroatoms. The smallest absolute Gasteiger partial charge is 0.339 e. The van der Waals surface area contributed by atoms with Gasteiger partial charge in [0.05, 0.1) is 7.11 Å².